The lowest BCUT2D eigenvalue weighted by atomic mass is 10.00. The van der Waals surface area contributed by atoms with E-state index in [1.165, 1.54) is 23.1 Å². The minimum absolute atomic E-state index is 0.0708. The van der Waals surface area contributed by atoms with Crippen molar-refractivity contribution >= 4 is 17.3 Å². The molecule has 0 atom stereocenters. The van der Waals surface area contributed by atoms with Gasteiger partial charge in [-0.1, -0.05) is 12.1 Å². The largest absolute Gasteiger partial charge is 0.399 e. The number of rotatable bonds is 2. The highest BCUT2D eigenvalue weighted by molar-refractivity contribution is 5.96. The molecule has 3 nitrogen and oxygen atoms in total. The van der Waals surface area contributed by atoms with Crippen molar-refractivity contribution in [3.63, 3.8) is 0 Å². The summed E-state index contributed by atoms with van der Waals surface area (Å²) in [5, 5.41) is 0. The summed E-state index contributed by atoms with van der Waals surface area (Å²) in [6.45, 7) is 0.0708. The summed E-state index contributed by atoms with van der Waals surface area (Å²) in [5.41, 5.74) is 7.61. The maximum atomic E-state index is 13.9. The third-order valence-electron chi connectivity index (χ3n) is 3.65. The Bertz CT molecular complexity index is 715. The van der Waals surface area contributed by atoms with Gasteiger partial charge in [-0.05, 0) is 36.2 Å². The summed E-state index contributed by atoms with van der Waals surface area (Å²) < 4.78 is 27.3. The van der Waals surface area contributed by atoms with Gasteiger partial charge in [-0.15, -0.1) is 0 Å². The Kier molecular flexibility index (Phi) is 3.33. The van der Waals surface area contributed by atoms with E-state index in [0.717, 1.165) is 5.56 Å². The number of halogens is 2. The van der Waals surface area contributed by atoms with Crippen LogP contribution in [0.3, 0.4) is 0 Å². The number of hydrogen-bond donors (Lipinski definition) is 1. The third kappa shape index (κ3) is 2.59. The van der Waals surface area contributed by atoms with E-state index in [2.05, 4.69) is 0 Å². The maximum Gasteiger partial charge on any atom is 0.227 e. The smallest absolute Gasteiger partial charge is 0.227 e. The Morgan fingerprint density at radius 3 is 2.67 bits per heavy atom. The summed E-state index contributed by atoms with van der Waals surface area (Å²) in [6, 6.07) is 8.71. The molecule has 108 valence electrons. The van der Waals surface area contributed by atoms with Gasteiger partial charge in [-0.2, -0.15) is 0 Å². The van der Waals surface area contributed by atoms with Crippen molar-refractivity contribution in [3.05, 3.63) is 59.2 Å². The van der Waals surface area contributed by atoms with Gasteiger partial charge in [0.05, 0.1) is 12.2 Å². The Labute approximate surface area is 121 Å². The number of fused-ring (bicyclic) bond motifs is 1. The van der Waals surface area contributed by atoms with Crippen LogP contribution in [0.5, 0.6) is 0 Å². The van der Waals surface area contributed by atoms with E-state index in [1.54, 1.807) is 18.2 Å². The highest BCUT2D eigenvalue weighted by Gasteiger charge is 2.25. The average molecular weight is 288 g/mol. The maximum absolute atomic E-state index is 13.9. The number of benzene rings is 2. The zero-order valence-electron chi connectivity index (χ0n) is 11.3. The normalized spacial score (nSPS) is 14.2. The monoisotopic (exact) mass is 288 g/mol. The Morgan fingerprint density at radius 2 is 1.90 bits per heavy atom. The van der Waals surface area contributed by atoms with Crippen LogP contribution in [0.2, 0.25) is 0 Å². The average Bonchev–Trinajstić information content (AvgIpc) is 2.44. The Morgan fingerprint density at radius 1 is 1.10 bits per heavy atom. The number of anilines is 2. The molecule has 21 heavy (non-hydrogen) atoms. The van der Waals surface area contributed by atoms with Crippen molar-refractivity contribution in [2.45, 2.75) is 19.4 Å². The first-order valence-corrected chi connectivity index (χ1v) is 6.67. The number of nitrogens with two attached hydrogens (primary N) is 1. The van der Waals surface area contributed by atoms with Crippen LogP contribution in [-0.2, 0) is 17.8 Å². The quantitative estimate of drug-likeness (QED) is 0.863. The molecular weight excluding hydrogens is 274 g/mol. The van der Waals surface area contributed by atoms with Crippen LogP contribution in [0.25, 0.3) is 0 Å². The standard InChI is InChI=1S/C16H14F2N2O/c17-12-4-1-10-3-6-16(21)20(15(10)7-12)9-11-2-5-13(19)8-14(11)18/h1-2,4-5,7-8H,3,6,9,19H2. The van der Waals surface area contributed by atoms with E-state index >= 15 is 0 Å². The number of amides is 1. The summed E-state index contributed by atoms with van der Waals surface area (Å²) in [4.78, 5) is 13.5. The van der Waals surface area contributed by atoms with Crippen LogP contribution in [0.1, 0.15) is 17.5 Å². The molecule has 0 saturated carbocycles. The van der Waals surface area contributed by atoms with Crippen molar-refractivity contribution in [1.29, 1.82) is 0 Å². The number of nitrogen functional groups attached to an aromatic ring is 1. The van der Waals surface area contributed by atoms with Gasteiger partial charge in [0.15, 0.2) is 0 Å². The third-order valence-corrected chi connectivity index (χ3v) is 3.65. The second kappa shape index (κ2) is 5.16. The summed E-state index contributed by atoms with van der Waals surface area (Å²) in [6.07, 6.45) is 0.921. The number of carbonyl (C=O) groups excluding carboxylic acids is 1. The first-order valence-electron chi connectivity index (χ1n) is 6.67. The second-order valence-electron chi connectivity index (χ2n) is 5.10. The fourth-order valence-electron chi connectivity index (χ4n) is 2.55. The van der Waals surface area contributed by atoms with Crippen LogP contribution in [-0.4, -0.2) is 5.91 Å². The van der Waals surface area contributed by atoms with E-state index < -0.39 is 11.6 Å². The van der Waals surface area contributed by atoms with Crippen LogP contribution in [0, 0.1) is 11.6 Å². The van der Waals surface area contributed by atoms with Gasteiger partial charge in [0, 0.05) is 17.7 Å². The first-order chi connectivity index (χ1) is 10.0. The fraction of sp³-hybridized carbons (Fsp3) is 0.188. The number of hydrogen-bond acceptors (Lipinski definition) is 2. The van der Waals surface area contributed by atoms with Gasteiger partial charge in [-0.3, -0.25) is 4.79 Å². The highest BCUT2D eigenvalue weighted by atomic mass is 19.1. The molecule has 0 spiro atoms. The molecule has 2 aromatic rings. The number of nitrogens with zero attached hydrogens (tertiary/aromatic N) is 1. The number of aryl methyl sites for hydroxylation is 1. The van der Waals surface area contributed by atoms with Crippen molar-refractivity contribution < 1.29 is 13.6 Å². The van der Waals surface area contributed by atoms with Gasteiger partial charge in [0.1, 0.15) is 11.6 Å². The molecule has 1 aliphatic rings. The molecule has 0 aromatic heterocycles. The van der Waals surface area contributed by atoms with Gasteiger partial charge >= 0.3 is 0 Å². The summed E-state index contributed by atoms with van der Waals surface area (Å²) >= 11 is 0. The van der Waals surface area contributed by atoms with Crippen molar-refractivity contribution in [2.24, 2.45) is 0 Å². The van der Waals surface area contributed by atoms with Crippen LogP contribution >= 0.6 is 0 Å². The molecule has 2 N–H and O–H groups in total. The molecule has 0 saturated heterocycles. The number of carbonyl (C=O) groups is 1. The molecule has 0 bridgehead atoms. The van der Waals surface area contributed by atoms with Crippen LogP contribution < -0.4 is 10.6 Å². The predicted molar refractivity (Wildman–Crippen MR) is 76.7 cm³/mol. The zero-order chi connectivity index (χ0) is 15.0. The van der Waals surface area contributed by atoms with Gasteiger partial charge < -0.3 is 10.6 Å². The van der Waals surface area contributed by atoms with Crippen LogP contribution in [0.15, 0.2) is 36.4 Å². The van der Waals surface area contributed by atoms with E-state index in [4.69, 9.17) is 5.73 Å². The minimum atomic E-state index is -0.466. The van der Waals surface area contributed by atoms with Crippen LogP contribution in [0.4, 0.5) is 20.2 Å². The van der Waals surface area contributed by atoms with Crippen molar-refractivity contribution in [1.82, 2.24) is 0 Å². The molecule has 2 aromatic carbocycles. The molecule has 0 fully saturated rings. The lowest BCUT2D eigenvalue weighted by Gasteiger charge is -2.29. The molecule has 3 rings (SSSR count). The van der Waals surface area contributed by atoms with E-state index in [9.17, 15) is 13.6 Å². The first kappa shape index (κ1) is 13.5. The summed E-state index contributed by atoms with van der Waals surface area (Å²) in [7, 11) is 0. The van der Waals surface area contributed by atoms with E-state index in [0.29, 0.717) is 29.8 Å². The SMILES string of the molecule is Nc1ccc(CN2C(=O)CCc3ccc(F)cc32)c(F)c1. The molecule has 1 amide bonds. The summed E-state index contributed by atoms with van der Waals surface area (Å²) in [5.74, 6) is -1.01. The molecule has 5 heteroatoms. The van der Waals surface area contributed by atoms with Crippen molar-refractivity contribution in [2.75, 3.05) is 10.6 Å². The highest BCUT2D eigenvalue weighted by Crippen LogP contribution is 2.30. The lowest BCUT2D eigenvalue weighted by Crippen LogP contribution is -2.34. The van der Waals surface area contributed by atoms with E-state index in [1.807, 2.05) is 0 Å². The molecule has 0 unspecified atom stereocenters. The second-order valence-corrected chi connectivity index (χ2v) is 5.10. The Balaban J connectivity index is 1.98. The zero-order valence-corrected chi connectivity index (χ0v) is 11.3. The minimum Gasteiger partial charge on any atom is -0.399 e. The van der Waals surface area contributed by atoms with Gasteiger partial charge in [0.25, 0.3) is 0 Å². The van der Waals surface area contributed by atoms with Gasteiger partial charge in [0.2, 0.25) is 5.91 Å². The molecule has 1 heterocycles. The molecule has 1 aliphatic heterocycles. The predicted octanol–water partition coefficient (Wildman–Crippen LogP) is 3.03. The molecule has 0 radical (unpaired) electrons. The molecule has 0 aliphatic carbocycles. The van der Waals surface area contributed by atoms with Crippen molar-refractivity contribution in [3.8, 4) is 0 Å². The fourth-order valence-corrected chi connectivity index (χ4v) is 2.55. The van der Waals surface area contributed by atoms with Gasteiger partial charge in [-0.25, -0.2) is 8.78 Å². The topological polar surface area (TPSA) is 46.3 Å². The van der Waals surface area contributed by atoms with E-state index in [-0.39, 0.29) is 12.5 Å². The lowest BCUT2D eigenvalue weighted by molar-refractivity contribution is -0.119. The Hall–Kier alpha value is -2.43. The molecular formula is C16H14F2N2O.